The number of sulfone groups is 1. The fourth-order valence-electron chi connectivity index (χ4n) is 3.72. The van der Waals surface area contributed by atoms with Crippen molar-refractivity contribution < 1.29 is 22.7 Å². The third-order valence-corrected chi connectivity index (χ3v) is 6.93. The summed E-state index contributed by atoms with van der Waals surface area (Å²) in [5.41, 5.74) is 2.81. The van der Waals surface area contributed by atoms with Gasteiger partial charge in [-0.3, -0.25) is 0 Å². The topological polar surface area (TPSA) is 100 Å². The van der Waals surface area contributed by atoms with E-state index in [1.54, 1.807) is 24.8 Å². The molecule has 1 atom stereocenters. The Labute approximate surface area is 168 Å². The molecule has 3 aromatic rings. The minimum atomic E-state index is -3.10. The molecule has 0 saturated carbocycles. The zero-order valence-corrected chi connectivity index (χ0v) is 17.2. The van der Waals surface area contributed by atoms with Gasteiger partial charge >= 0.3 is 5.97 Å². The first kappa shape index (κ1) is 19.4. The number of carbonyl (C=O) groups is 1. The summed E-state index contributed by atoms with van der Waals surface area (Å²) in [7, 11) is -0.185. The van der Waals surface area contributed by atoms with E-state index in [2.05, 4.69) is 5.10 Å². The van der Waals surface area contributed by atoms with Crippen molar-refractivity contribution in [1.82, 2.24) is 14.8 Å². The Balaban J connectivity index is 1.93. The zero-order valence-electron chi connectivity index (χ0n) is 16.4. The largest absolute Gasteiger partial charge is 0.497 e. The van der Waals surface area contributed by atoms with Gasteiger partial charge in [-0.05, 0) is 43.7 Å². The predicted octanol–water partition coefficient (Wildman–Crippen LogP) is 2.56. The van der Waals surface area contributed by atoms with Gasteiger partial charge < -0.3 is 9.47 Å². The summed E-state index contributed by atoms with van der Waals surface area (Å²) in [6.45, 7) is 1.78. The summed E-state index contributed by atoms with van der Waals surface area (Å²) in [5.74, 6) is 0.361. The third-order valence-electron chi connectivity index (χ3n) is 5.18. The van der Waals surface area contributed by atoms with Crippen LogP contribution >= 0.6 is 0 Å². The van der Waals surface area contributed by atoms with Gasteiger partial charge in [0.2, 0.25) is 0 Å². The van der Waals surface area contributed by atoms with Crippen molar-refractivity contribution in [2.45, 2.75) is 19.4 Å². The normalized spacial score (nSPS) is 18.1. The van der Waals surface area contributed by atoms with Crippen LogP contribution in [0.2, 0.25) is 0 Å². The minimum Gasteiger partial charge on any atom is -0.497 e. The minimum absolute atomic E-state index is 0.0191. The van der Waals surface area contributed by atoms with Gasteiger partial charge in [-0.25, -0.2) is 22.9 Å². The molecule has 0 bridgehead atoms. The van der Waals surface area contributed by atoms with E-state index in [0.29, 0.717) is 40.2 Å². The molecule has 4 rings (SSSR count). The maximum atomic E-state index is 12.5. The summed E-state index contributed by atoms with van der Waals surface area (Å²) >= 11 is 0. The van der Waals surface area contributed by atoms with E-state index in [-0.39, 0.29) is 17.5 Å². The monoisotopic (exact) mass is 415 g/mol. The summed E-state index contributed by atoms with van der Waals surface area (Å²) in [5, 5.41) is 5.12. The van der Waals surface area contributed by atoms with Gasteiger partial charge in [0.1, 0.15) is 5.75 Å². The Morgan fingerprint density at radius 2 is 1.93 bits per heavy atom. The van der Waals surface area contributed by atoms with Crippen LogP contribution in [0, 0.1) is 6.92 Å². The number of rotatable bonds is 4. The van der Waals surface area contributed by atoms with E-state index in [4.69, 9.17) is 14.5 Å². The summed E-state index contributed by atoms with van der Waals surface area (Å²) in [4.78, 5) is 17.2. The Kier molecular flexibility index (Phi) is 4.77. The number of aromatic nitrogens is 3. The number of esters is 1. The molecule has 1 aliphatic rings. The molecule has 1 saturated heterocycles. The lowest BCUT2D eigenvalue weighted by atomic mass is 10.1. The van der Waals surface area contributed by atoms with Crippen LogP contribution in [0.5, 0.6) is 5.75 Å². The summed E-state index contributed by atoms with van der Waals surface area (Å²) in [6.07, 6.45) is 0.473. The Morgan fingerprint density at radius 3 is 2.52 bits per heavy atom. The van der Waals surface area contributed by atoms with Crippen molar-refractivity contribution in [3.63, 3.8) is 0 Å². The predicted molar refractivity (Wildman–Crippen MR) is 108 cm³/mol. The quantitative estimate of drug-likeness (QED) is 0.604. The highest BCUT2D eigenvalue weighted by atomic mass is 32.2. The van der Waals surface area contributed by atoms with Gasteiger partial charge in [0.05, 0.1) is 54.1 Å². The molecule has 0 aliphatic carbocycles. The molecule has 1 aromatic carbocycles. The number of carbonyl (C=O) groups excluding carboxylic acids is 1. The first-order chi connectivity index (χ1) is 13.8. The third kappa shape index (κ3) is 3.46. The second-order valence-electron chi connectivity index (χ2n) is 7.06. The lowest BCUT2D eigenvalue weighted by Gasteiger charge is -2.12. The van der Waals surface area contributed by atoms with Crippen molar-refractivity contribution in [1.29, 1.82) is 0 Å². The van der Waals surface area contributed by atoms with Crippen LogP contribution in [-0.2, 0) is 14.6 Å². The number of fused-ring (bicyclic) bond motifs is 1. The maximum absolute atomic E-state index is 12.5. The molecule has 1 fully saturated rings. The summed E-state index contributed by atoms with van der Waals surface area (Å²) in [6, 6.07) is 8.69. The standard InChI is InChI=1S/C20H21N3O5S/c1-12-18-16(20(24)28-3)10-17(13-4-6-15(27-2)7-5-13)21-19(18)23(22-12)14-8-9-29(25,26)11-14/h4-7,10,14H,8-9,11H2,1-3H3/t14-/m1/s1. The van der Waals surface area contributed by atoms with Crippen LogP contribution in [-0.4, -0.2) is 54.9 Å². The van der Waals surface area contributed by atoms with Crippen molar-refractivity contribution in [3.05, 3.63) is 41.6 Å². The van der Waals surface area contributed by atoms with Gasteiger partial charge in [0.25, 0.3) is 0 Å². The van der Waals surface area contributed by atoms with Crippen LogP contribution in [0.3, 0.4) is 0 Å². The van der Waals surface area contributed by atoms with Crippen molar-refractivity contribution in [2.75, 3.05) is 25.7 Å². The highest BCUT2D eigenvalue weighted by molar-refractivity contribution is 7.91. The molecule has 8 nitrogen and oxygen atoms in total. The molecule has 3 heterocycles. The number of hydrogen-bond acceptors (Lipinski definition) is 7. The number of pyridine rings is 1. The molecule has 0 N–H and O–H groups in total. The molecule has 0 amide bonds. The molecule has 1 aliphatic heterocycles. The SMILES string of the molecule is COC(=O)c1cc(-c2ccc(OC)cc2)nc2c1c(C)nn2[C@@H]1CCS(=O)(=O)C1. The number of benzene rings is 1. The highest BCUT2D eigenvalue weighted by Crippen LogP contribution is 2.32. The molecule has 29 heavy (non-hydrogen) atoms. The Bertz CT molecular complexity index is 1200. The number of methoxy groups -OCH3 is 2. The van der Waals surface area contributed by atoms with Gasteiger partial charge in [-0.2, -0.15) is 5.10 Å². The Hall–Kier alpha value is -2.94. The molecule has 2 aromatic heterocycles. The molecule has 0 radical (unpaired) electrons. The lowest BCUT2D eigenvalue weighted by Crippen LogP contribution is -2.13. The van der Waals surface area contributed by atoms with Crippen molar-refractivity contribution in [2.24, 2.45) is 0 Å². The second-order valence-corrected chi connectivity index (χ2v) is 9.29. The maximum Gasteiger partial charge on any atom is 0.338 e. The first-order valence-corrected chi connectivity index (χ1v) is 11.0. The van der Waals surface area contributed by atoms with Crippen LogP contribution in [0.4, 0.5) is 0 Å². The van der Waals surface area contributed by atoms with Gasteiger partial charge in [-0.15, -0.1) is 0 Å². The fourth-order valence-corrected chi connectivity index (χ4v) is 5.41. The molecule has 0 spiro atoms. The number of aryl methyl sites for hydroxylation is 1. The van der Waals surface area contributed by atoms with Crippen LogP contribution in [0.25, 0.3) is 22.3 Å². The first-order valence-electron chi connectivity index (χ1n) is 9.16. The van der Waals surface area contributed by atoms with Crippen LogP contribution < -0.4 is 4.74 Å². The van der Waals surface area contributed by atoms with E-state index in [1.165, 1.54) is 7.11 Å². The van der Waals surface area contributed by atoms with E-state index < -0.39 is 15.8 Å². The second kappa shape index (κ2) is 7.14. The highest BCUT2D eigenvalue weighted by Gasteiger charge is 2.32. The van der Waals surface area contributed by atoms with E-state index in [9.17, 15) is 13.2 Å². The zero-order chi connectivity index (χ0) is 20.8. The van der Waals surface area contributed by atoms with Crippen molar-refractivity contribution in [3.8, 4) is 17.0 Å². The van der Waals surface area contributed by atoms with Crippen molar-refractivity contribution >= 4 is 26.8 Å². The van der Waals surface area contributed by atoms with Gasteiger partial charge in [0.15, 0.2) is 15.5 Å². The number of ether oxygens (including phenoxy) is 2. The smallest absolute Gasteiger partial charge is 0.338 e. The van der Waals surface area contributed by atoms with Crippen LogP contribution in [0.1, 0.15) is 28.5 Å². The lowest BCUT2D eigenvalue weighted by molar-refractivity contribution is 0.0603. The molecule has 0 unspecified atom stereocenters. The number of nitrogens with zero attached hydrogens (tertiary/aromatic N) is 3. The van der Waals surface area contributed by atoms with E-state index in [0.717, 1.165) is 5.56 Å². The average Bonchev–Trinajstić information content (AvgIpc) is 3.25. The number of hydrogen-bond donors (Lipinski definition) is 0. The average molecular weight is 415 g/mol. The van der Waals surface area contributed by atoms with E-state index >= 15 is 0 Å². The fraction of sp³-hybridized carbons (Fsp3) is 0.350. The van der Waals surface area contributed by atoms with E-state index in [1.807, 2.05) is 24.3 Å². The Morgan fingerprint density at radius 1 is 1.21 bits per heavy atom. The summed E-state index contributed by atoms with van der Waals surface area (Å²) < 4.78 is 35.8. The molecule has 152 valence electrons. The van der Waals surface area contributed by atoms with Gasteiger partial charge in [0, 0.05) is 5.56 Å². The van der Waals surface area contributed by atoms with Gasteiger partial charge in [-0.1, -0.05) is 0 Å². The molecular weight excluding hydrogens is 394 g/mol. The molecular formula is C20H21N3O5S. The molecule has 9 heteroatoms. The van der Waals surface area contributed by atoms with Crippen LogP contribution in [0.15, 0.2) is 30.3 Å².